The average molecular weight is 328 g/mol. The lowest BCUT2D eigenvalue weighted by molar-refractivity contribution is 0.206. The highest BCUT2D eigenvalue weighted by Gasteiger charge is 2.28. The molecule has 1 N–H and O–H groups in total. The molecule has 2 aromatic rings. The minimum atomic E-state index is -1.56. The first-order chi connectivity index (χ1) is 11.5. The lowest BCUT2D eigenvalue weighted by Gasteiger charge is -2.34. The molecule has 1 atom stereocenters. The lowest BCUT2D eigenvalue weighted by Crippen LogP contribution is -2.35. The normalized spacial score (nSPS) is 16.5. The van der Waals surface area contributed by atoms with Crippen molar-refractivity contribution in [2.24, 2.45) is 5.92 Å². The molecule has 0 spiro atoms. The van der Waals surface area contributed by atoms with E-state index in [4.69, 9.17) is 0 Å². The maximum Gasteiger partial charge on any atom is 0.226 e. The highest BCUT2D eigenvalue weighted by molar-refractivity contribution is 5.27. The van der Waals surface area contributed by atoms with Crippen molar-refractivity contribution in [3.8, 4) is 0 Å². The van der Waals surface area contributed by atoms with E-state index in [1.54, 1.807) is 0 Å². The van der Waals surface area contributed by atoms with Crippen molar-refractivity contribution in [2.45, 2.75) is 57.7 Å². The number of halogens is 1. The maximum absolute atomic E-state index is 14.1. The van der Waals surface area contributed by atoms with Crippen molar-refractivity contribution in [1.29, 1.82) is 0 Å². The van der Waals surface area contributed by atoms with E-state index in [0.717, 1.165) is 12.8 Å². The predicted octanol–water partition coefficient (Wildman–Crippen LogP) is 4.29. The number of alkyl halides is 1. The average Bonchev–Trinajstić information content (AvgIpc) is 2.51. The van der Waals surface area contributed by atoms with Gasteiger partial charge in [-0.3, -0.25) is 0 Å². The van der Waals surface area contributed by atoms with Gasteiger partial charge in [-0.1, -0.05) is 36.8 Å². The van der Waals surface area contributed by atoms with Crippen LogP contribution in [0, 0.1) is 5.92 Å². The zero-order chi connectivity index (χ0) is 17.0. The molecular formula is C19H25FN4. The van der Waals surface area contributed by atoms with Gasteiger partial charge in [0.15, 0.2) is 11.5 Å². The molecule has 1 aromatic heterocycles. The molecule has 4 nitrogen and oxygen atoms in total. The summed E-state index contributed by atoms with van der Waals surface area (Å²) in [5.74, 6) is 1.30. The molecule has 128 valence electrons. The second-order valence-electron chi connectivity index (χ2n) is 7.07. The molecule has 0 aliphatic heterocycles. The van der Waals surface area contributed by atoms with Crippen LogP contribution in [0.15, 0.2) is 36.7 Å². The van der Waals surface area contributed by atoms with Gasteiger partial charge in [-0.25, -0.2) is 14.4 Å². The zero-order valence-electron chi connectivity index (χ0n) is 14.4. The first-order valence-corrected chi connectivity index (χ1v) is 8.71. The second-order valence-corrected chi connectivity index (χ2v) is 7.07. The van der Waals surface area contributed by atoms with Crippen molar-refractivity contribution in [3.63, 3.8) is 0 Å². The number of anilines is 1. The van der Waals surface area contributed by atoms with E-state index in [1.165, 1.54) is 45.0 Å². The molecule has 1 unspecified atom stereocenters. The van der Waals surface area contributed by atoms with Crippen LogP contribution in [-0.2, 0) is 12.1 Å². The first kappa shape index (κ1) is 16.8. The van der Waals surface area contributed by atoms with Crippen molar-refractivity contribution in [3.05, 3.63) is 48.0 Å². The molecule has 0 saturated heterocycles. The third-order valence-corrected chi connectivity index (χ3v) is 4.72. The van der Waals surface area contributed by atoms with Crippen molar-refractivity contribution in [1.82, 2.24) is 15.0 Å². The summed E-state index contributed by atoms with van der Waals surface area (Å²) < 4.78 is 14.1. The van der Waals surface area contributed by atoms with Crippen LogP contribution in [0.1, 0.15) is 50.9 Å². The van der Waals surface area contributed by atoms with E-state index in [1.807, 2.05) is 6.07 Å². The third kappa shape index (κ3) is 4.28. The molecule has 1 heterocycles. The van der Waals surface area contributed by atoms with Gasteiger partial charge in [0.05, 0.1) is 0 Å². The number of rotatable bonds is 7. The molecule has 0 radical (unpaired) electrons. The van der Waals surface area contributed by atoms with Gasteiger partial charge in [0.2, 0.25) is 5.95 Å². The van der Waals surface area contributed by atoms with E-state index in [0.29, 0.717) is 17.9 Å². The first-order valence-electron chi connectivity index (χ1n) is 8.71. The van der Waals surface area contributed by atoms with Crippen molar-refractivity contribution < 1.29 is 4.39 Å². The van der Waals surface area contributed by atoms with Crippen LogP contribution in [0.2, 0.25) is 0 Å². The number of benzene rings is 1. The Balaban J connectivity index is 1.68. The third-order valence-electron chi connectivity index (χ3n) is 4.72. The SMILES string of the molecule is CC(C)(F)c1ncnc(NC(CCc2ccccc2)C2CCC2)n1. The molecule has 1 saturated carbocycles. The van der Waals surface area contributed by atoms with Crippen LogP contribution in [-0.4, -0.2) is 21.0 Å². The molecule has 1 aliphatic rings. The Kier molecular flexibility index (Phi) is 5.07. The van der Waals surface area contributed by atoms with Crippen LogP contribution in [0.5, 0.6) is 0 Å². The Morgan fingerprint density at radius 3 is 2.58 bits per heavy atom. The monoisotopic (exact) mass is 328 g/mol. The molecule has 3 rings (SSSR count). The van der Waals surface area contributed by atoms with Crippen LogP contribution in [0.25, 0.3) is 0 Å². The molecule has 0 bridgehead atoms. The van der Waals surface area contributed by atoms with Gasteiger partial charge in [0.25, 0.3) is 0 Å². The fraction of sp³-hybridized carbons (Fsp3) is 0.526. The number of nitrogens with zero attached hydrogens (tertiary/aromatic N) is 3. The van der Waals surface area contributed by atoms with E-state index in [9.17, 15) is 4.39 Å². The van der Waals surface area contributed by atoms with Gasteiger partial charge in [0.1, 0.15) is 6.33 Å². The Morgan fingerprint density at radius 1 is 1.21 bits per heavy atom. The Labute approximate surface area is 143 Å². The molecule has 1 aromatic carbocycles. The number of hydrogen-bond donors (Lipinski definition) is 1. The van der Waals surface area contributed by atoms with Gasteiger partial charge in [-0.05, 0) is 51.0 Å². The van der Waals surface area contributed by atoms with Gasteiger partial charge in [-0.2, -0.15) is 4.98 Å². The zero-order valence-corrected chi connectivity index (χ0v) is 14.4. The number of hydrogen-bond acceptors (Lipinski definition) is 4. The highest BCUT2D eigenvalue weighted by atomic mass is 19.1. The van der Waals surface area contributed by atoms with E-state index < -0.39 is 5.67 Å². The van der Waals surface area contributed by atoms with E-state index >= 15 is 0 Å². The van der Waals surface area contributed by atoms with Gasteiger partial charge >= 0.3 is 0 Å². The summed E-state index contributed by atoms with van der Waals surface area (Å²) in [5, 5.41) is 3.43. The maximum atomic E-state index is 14.1. The molecule has 1 aliphatic carbocycles. The summed E-state index contributed by atoms with van der Waals surface area (Å²) in [4.78, 5) is 12.4. The number of nitrogens with one attached hydrogen (secondary N) is 1. The minimum absolute atomic E-state index is 0.176. The Hall–Kier alpha value is -2.04. The fourth-order valence-corrected chi connectivity index (χ4v) is 3.05. The largest absolute Gasteiger partial charge is 0.351 e. The molecule has 24 heavy (non-hydrogen) atoms. The highest BCUT2D eigenvalue weighted by Crippen LogP contribution is 2.33. The minimum Gasteiger partial charge on any atom is -0.351 e. The van der Waals surface area contributed by atoms with Crippen LogP contribution in [0.4, 0.5) is 10.3 Å². The summed E-state index contributed by atoms with van der Waals surface area (Å²) in [5.41, 5.74) is -0.222. The van der Waals surface area contributed by atoms with Gasteiger partial charge in [0, 0.05) is 6.04 Å². The molecular weight excluding hydrogens is 303 g/mol. The van der Waals surface area contributed by atoms with Crippen LogP contribution >= 0.6 is 0 Å². The molecule has 1 fully saturated rings. The summed E-state index contributed by atoms with van der Waals surface area (Å²) in [6.45, 7) is 2.93. The Morgan fingerprint density at radius 2 is 1.96 bits per heavy atom. The Bertz CT molecular complexity index is 650. The van der Waals surface area contributed by atoms with Crippen molar-refractivity contribution in [2.75, 3.05) is 5.32 Å². The predicted molar refractivity (Wildman–Crippen MR) is 93.5 cm³/mol. The van der Waals surface area contributed by atoms with Gasteiger partial charge in [-0.15, -0.1) is 0 Å². The van der Waals surface area contributed by atoms with E-state index in [2.05, 4.69) is 44.5 Å². The molecule has 5 heteroatoms. The standard InChI is InChI=1S/C19H25FN4/c1-19(2,20)17-21-13-22-18(24-17)23-16(15-9-6-10-15)12-11-14-7-4-3-5-8-14/h3-5,7-8,13,15-16H,6,9-12H2,1-2H3,(H,21,22,23,24). The quantitative estimate of drug-likeness (QED) is 0.824. The lowest BCUT2D eigenvalue weighted by atomic mass is 9.78. The van der Waals surface area contributed by atoms with E-state index in [-0.39, 0.29) is 5.82 Å². The number of aryl methyl sites for hydroxylation is 1. The fourth-order valence-electron chi connectivity index (χ4n) is 3.05. The van der Waals surface area contributed by atoms with Crippen LogP contribution in [0.3, 0.4) is 0 Å². The van der Waals surface area contributed by atoms with Crippen LogP contribution < -0.4 is 5.32 Å². The molecule has 0 amide bonds. The van der Waals surface area contributed by atoms with Gasteiger partial charge < -0.3 is 5.32 Å². The second kappa shape index (κ2) is 7.24. The summed E-state index contributed by atoms with van der Waals surface area (Å²) >= 11 is 0. The summed E-state index contributed by atoms with van der Waals surface area (Å²) in [7, 11) is 0. The smallest absolute Gasteiger partial charge is 0.226 e. The summed E-state index contributed by atoms with van der Waals surface area (Å²) in [6.07, 6.45) is 7.18. The number of aromatic nitrogens is 3. The van der Waals surface area contributed by atoms with Crippen molar-refractivity contribution >= 4 is 5.95 Å². The topological polar surface area (TPSA) is 50.7 Å². The summed E-state index contributed by atoms with van der Waals surface area (Å²) in [6, 6.07) is 10.8.